The summed E-state index contributed by atoms with van der Waals surface area (Å²) in [4.78, 5) is 23.7. The normalized spacial score (nSPS) is 10.3. The maximum absolute atomic E-state index is 12.2. The molecule has 1 heterocycles. The van der Waals surface area contributed by atoms with Gasteiger partial charge in [0, 0.05) is 7.05 Å². The molecule has 0 spiro atoms. The first-order valence-corrected chi connectivity index (χ1v) is 6.50. The van der Waals surface area contributed by atoms with E-state index in [0.29, 0.717) is 22.0 Å². The predicted octanol–water partition coefficient (Wildman–Crippen LogP) is 2.42. The lowest BCUT2D eigenvalue weighted by atomic mass is 10.2. The summed E-state index contributed by atoms with van der Waals surface area (Å²) in [5.74, 6) is -0.861. The lowest BCUT2D eigenvalue weighted by molar-refractivity contribution is 0.0600. The van der Waals surface area contributed by atoms with Crippen LogP contribution in [0.4, 0.5) is 5.69 Å². The van der Waals surface area contributed by atoms with Gasteiger partial charge in [0.25, 0.3) is 5.91 Å². The van der Waals surface area contributed by atoms with Crippen LogP contribution in [-0.2, 0) is 11.8 Å². The molecule has 0 aliphatic heterocycles. The zero-order chi connectivity index (χ0) is 15.6. The molecule has 0 atom stereocenters. The van der Waals surface area contributed by atoms with E-state index in [1.807, 2.05) is 0 Å². The molecule has 0 fully saturated rings. The van der Waals surface area contributed by atoms with E-state index in [0.717, 1.165) is 5.69 Å². The molecule has 110 valence electrons. The summed E-state index contributed by atoms with van der Waals surface area (Å²) in [5.41, 5.74) is 1.77. The van der Waals surface area contributed by atoms with Gasteiger partial charge in [0.1, 0.15) is 5.69 Å². The number of rotatable bonds is 3. The summed E-state index contributed by atoms with van der Waals surface area (Å²) in [6, 6.07) is 6.18. The van der Waals surface area contributed by atoms with E-state index in [-0.39, 0.29) is 5.91 Å². The number of hydrogen-bond donors (Lipinski definition) is 1. The summed E-state index contributed by atoms with van der Waals surface area (Å²) in [7, 11) is 2.96. The highest BCUT2D eigenvalue weighted by Gasteiger charge is 2.15. The van der Waals surface area contributed by atoms with Crippen molar-refractivity contribution in [2.24, 2.45) is 7.05 Å². The van der Waals surface area contributed by atoms with Crippen LogP contribution in [0.2, 0.25) is 5.02 Å². The van der Waals surface area contributed by atoms with Gasteiger partial charge in [0.15, 0.2) is 0 Å². The second kappa shape index (κ2) is 5.97. The Morgan fingerprint density at radius 1 is 1.33 bits per heavy atom. The van der Waals surface area contributed by atoms with Crippen molar-refractivity contribution in [2.75, 3.05) is 12.4 Å². The summed E-state index contributed by atoms with van der Waals surface area (Å²) in [6.07, 6.45) is 0. The van der Waals surface area contributed by atoms with Crippen LogP contribution in [0.15, 0.2) is 24.3 Å². The molecule has 0 bridgehead atoms. The van der Waals surface area contributed by atoms with Crippen LogP contribution in [-0.4, -0.2) is 28.8 Å². The molecule has 6 nitrogen and oxygen atoms in total. The predicted molar refractivity (Wildman–Crippen MR) is 78.7 cm³/mol. The van der Waals surface area contributed by atoms with E-state index in [1.54, 1.807) is 20.0 Å². The number of anilines is 1. The van der Waals surface area contributed by atoms with Crippen molar-refractivity contribution in [3.8, 4) is 0 Å². The largest absolute Gasteiger partial charge is 0.465 e. The van der Waals surface area contributed by atoms with Crippen LogP contribution in [0.1, 0.15) is 26.5 Å². The maximum Gasteiger partial charge on any atom is 0.337 e. The summed E-state index contributed by atoms with van der Waals surface area (Å²) in [6.45, 7) is 1.79. The van der Waals surface area contributed by atoms with Gasteiger partial charge in [-0.1, -0.05) is 11.6 Å². The molecule has 1 N–H and O–H groups in total. The minimum Gasteiger partial charge on any atom is -0.465 e. The molecule has 2 aromatic rings. The number of aromatic nitrogens is 2. The molecule has 21 heavy (non-hydrogen) atoms. The van der Waals surface area contributed by atoms with E-state index < -0.39 is 5.97 Å². The zero-order valence-electron chi connectivity index (χ0n) is 11.8. The van der Waals surface area contributed by atoms with Gasteiger partial charge in [-0.05, 0) is 31.2 Å². The number of esters is 1. The average Bonchev–Trinajstić information content (AvgIpc) is 2.79. The van der Waals surface area contributed by atoms with Gasteiger partial charge in [0.2, 0.25) is 0 Å². The third-order valence-corrected chi connectivity index (χ3v) is 3.20. The van der Waals surface area contributed by atoms with Crippen LogP contribution >= 0.6 is 11.6 Å². The average molecular weight is 308 g/mol. The molecular weight excluding hydrogens is 294 g/mol. The number of benzene rings is 1. The van der Waals surface area contributed by atoms with Crippen LogP contribution in [0.5, 0.6) is 0 Å². The maximum atomic E-state index is 12.2. The fraction of sp³-hybridized carbons (Fsp3) is 0.214. The Kier molecular flexibility index (Phi) is 4.28. The van der Waals surface area contributed by atoms with Crippen molar-refractivity contribution in [1.82, 2.24) is 9.78 Å². The lowest BCUT2D eigenvalue weighted by Gasteiger charge is -2.09. The molecule has 0 saturated carbocycles. The number of halogens is 1. The fourth-order valence-corrected chi connectivity index (χ4v) is 2.04. The first kappa shape index (κ1) is 15.1. The molecule has 2 rings (SSSR count). The Morgan fingerprint density at radius 3 is 2.62 bits per heavy atom. The lowest BCUT2D eigenvalue weighted by Crippen LogP contribution is -2.16. The zero-order valence-corrected chi connectivity index (χ0v) is 12.6. The Balaban J connectivity index is 2.28. The second-order valence-corrected chi connectivity index (χ2v) is 4.84. The first-order valence-electron chi connectivity index (χ1n) is 6.12. The molecule has 1 aromatic carbocycles. The Hall–Kier alpha value is -2.34. The number of amides is 1. The highest BCUT2D eigenvalue weighted by Crippen LogP contribution is 2.24. The molecule has 7 heteroatoms. The number of methoxy groups -OCH3 is 1. The molecule has 0 aliphatic carbocycles. The second-order valence-electron chi connectivity index (χ2n) is 4.43. The summed E-state index contributed by atoms with van der Waals surface area (Å²) in [5, 5.41) is 7.09. The van der Waals surface area contributed by atoms with Crippen molar-refractivity contribution in [1.29, 1.82) is 0 Å². The molecule has 1 amide bonds. The third-order valence-electron chi connectivity index (χ3n) is 2.87. The smallest absolute Gasteiger partial charge is 0.337 e. The van der Waals surface area contributed by atoms with Gasteiger partial charge < -0.3 is 10.1 Å². The Labute approximate surface area is 126 Å². The van der Waals surface area contributed by atoms with Crippen molar-refractivity contribution in [3.05, 3.63) is 46.2 Å². The Morgan fingerprint density at radius 2 is 2.05 bits per heavy atom. The molecule has 0 aliphatic rings. The van der Waals surface area contributed by atoms with Crippen molar-refractivity contribution in [2.45, 2.75) is 6.92 Å². The number of carbonyl (C=O) groups is 2. The number of nitrogens with one attached hydrogen (secondary N) is 1. The number of ether oxygens (including phenoxy) is 1. The van der Waals surface area contributed by atoms with E-state index in [9.17, 15) is 9.59 Å². The third kappa shape index (κ3) is 3.22. The van der Waals surface area contributed by atoms with Gasteiger partial charge >= 0.3 is 5.97 Å². The van der Waals surface area contributed by atoms with Gasteiger partial charge in [-0.2, -0.15) is 5.10 Å². The molecule has 1 aromatic heterocycles. The molecule has 0 saturated heterocycles. The highest BCUT2D eigenvalue weighted by molar-refractivity contribution is 6.34. The van der Waals surface area contributed by atoms with Crippen molar-refractivity contribution in [3.63, 3.8) is 0 Å². The topological polar surface area (TPSA) is 73.2 Å². The van der Waals surface area contributed by atoms with Gasteiger partial charge in [0.05, 0.1) is 29.1 Å². The van der Waals surface area contributed by atoms with Gasteiger partial charge in [-0.15, -0.1) is 0 Å². The fourth-order valence-electron chi connectivity index (χ4n) is 1.88. The molecule has 0 radical (unpaired) electrons. The first-order chi connectivity index (χ1) is 9.92. The minimum absolute atomic E-state index is 0.304. The monoisotopic (exact) mass is 307 g/mol. The number of aryl methyl sites for hydroxylation is 2. The highest BCUT2D eigenvalue weighted by atomic mass is 35.5. The van der Waals surface area contributed by atoms with E-state index in [4.69, 9.17) is 11.6 Å². The summed E-state index contributed by atoms with van der Waals surface area (Å²) < 4.78 is 6.11. The number of nitrogens with zero attached hydrogens (tertiary/aromatic N) is 2. The van der Waals surface area contributed by atoms with E-state index in [1.165, 1.54) is 30.0 Å². The SMILES string of the molecule is COC(=O)c1ccc(Cl)c(NC(=O)c2cc(C)nn2C)c1. The van der Waals surface area contributed by atoms with Crippen LogP contribution < -0.4 is 5.32 Å². The van der Waals surface area contributed by atoms with Crippen LogP contribution in [0.3, 0.4) is 0 Å². The Bertz CT molecular complexity index is 709. The number of hydrogen-bond acceptors (Lipinski definition) is 4. The molecular formula is C14H14ClN3O3. The number of carbonyl (C=O) groups excluding carboxylic acids is 2. The molecule has 0 unspecified atom stereocenters. The van der Waals surface area contributed by atoms with Crippen LogP contribution in [0, 0.1) is 6.92 Å². The van der Waals surface area contributed by atoms with Gasteiger partial charge in [-0.3, -0.25) is 9.48 Å². The van der Waals surface area contributed by atoms with Crippen molar-refractivity contribution < 1.29 is 14.3 Å². The summed E-state index contributed by atoms with van der Waals surface area (Å²) >= 11 is 6.03. The standard InChI is InChI=1S/C14H14ClN3O3/c1-8-6-12(18(2)17-8)13(19)16-11-7-9(14(20)21-3)4-5-10(11)15/h4-7H,1-3H3,(H,16,19). The van der Waals surface area contributed by atoms with Gasteiger partial charge in [-0.25, -0.2) is 4.79 Å². The van der Waals surface area contributed by atoms with Crippen LogP contribution in [0.25, 0.3) is 0 Å². The van der Waals surface area contributed by atoms with E-state index >= 15 is 0 Å². The van der Waals surface area contributed by atoms with Crippen molar-refractivity contribution >= 4 is 29.2 Å². The minimum atomic E-state index is -0.501. The van der Waals surface area contributed by atoms with E-state index in [2.05, 4.69) is 15.2 Å². The quantitative estimate of drug-likeness (QED) is 0.884.